The molecule has 2 aromatic heterocycles. The van der Waals surface area contributed by atoms with Gasteiger partial charge in [-0.25, -0.2) is 4.98 Å². The highest BCUT2D eigenvalue weighted by molar-refractivity contribution is 7.14. The second-order valence-corrected chi connectivity index (χ2v) is 8.46. The van der Waals surface area contributed by atoms with Crippen LogP contribution in [0, 0.1) is 6.92 Å². The lowest BCUT2D eigenvalue weighted by Crippen LogP contribution is -2.21. The summed E-state index contributed by atoms with van der Waals surface area (Å²) in [6, 6.07) is 17.7. The fraction of sp³-hybridized carbons (Fsp3) is 0.200. The summed E-state index contributed by atoms with van der Waals surface area (Å²) in [5.74, 6) is -0.193. The molecule has 0 saturated carbocycles. The number of pyridine rings is 1. The van der Waals surface area contributed by atoms with E-state index in [1.807, 2.05) is 48.7 Å². The molecular weight excluding hydrogens is 420 g/mol. The van der Waals surface area contributed by atoms with Crippen molar-refractivity contribution in [2.45, 2.75) is 26.7 Å². The van der Waals surface area contributed by atoms with Gasteiger partial charge in [0.15, 0.2) is 5.13 Å². The first-order chi connectivity index (χ1) is 15.5. The molecule has 0 aliphatic heterocycles. The fourth-order valence-electron chi connectivity index (χ4n) is 3.52. The van der Waals surface area contributed by atoms with Crippen molar-refractivity contribution in [2.24, 2.45) is 0 Å². The van der Waals surface area contributed by atoms with Gasteiger partial charge in [-0.2, -0.15) is 0 Å². The lowest BCUT2D eigenvalue weighted by molar-refractivity contribution is -0.118. The minimum atomic E-state index is -0.192. The molecule has 2 N–H and O–H groups in total. The molecule has 0 aliphatic rings. The Bertz CT molecular complexity index is 1260. The fourth-order valence-corrected chi connectivity index (χ4v) is 4.24. The highest BCUT2D eigenvalue weighted by Crippen LogP contribution is 2.26. The summed E-state index contributed by atoms with van der Waals surface area (Å²) >= 11 is 1.40. The summed E-state index contributed by atoms with van der Waals surface area (Å²) in [6.45, 7) is 4.09. The maximum atomic E-state index is 12.9. The molecular formula is C25H24N4O2S. The van der Waals surface area contributed by atoms with Gasteiger partial charge < -0.3 is 5.32 Å². The average Bonchev–Trinajstić information content (AvgIpc) is 3.24. The number of carbonyl (C=O) groups excluding carboxylic acids is 2. The van der Waals surface area contributed by atoms with E-state index in [0.717, 1.165) is 40.7 Å². The van der Waals surface area contributed by atoms with Gasteiger partial charge in [0, 0.05) is 35.5 Å². The second kappa shape index (κ2) is 9.70. The van der Waals surface area contributed by atoms with Crippen molar-refractivity contribution in [1.29, 1.82) is 0 Å². The maximum Gasteiger partial charge on any atom is 0.258 e. The van der Waals surface area contributed by atoms with Crippen LogP contribution in [-0.2, 0) is 11.2 Å². The van der Waals surface area contributed by atoms with E-state index in [1.165, 1.54) is 23.8 Å². The molecule has 0 unspecified atom stereocenters. The molecule has 0 atom stereocenters. The molecule has 0 aliphatic carbocycles. The van der Waals surface area contributed by atoms with Crippen LogP contribution in [0.2, 0.25) is 0 Å². The Hall–Kier alpha value is -3.58. The maximum absolute atomic E-state index is 12.9. The summed E-state index contributed by atoms with van der Waals surface area (Å²) in [7, 11) is 0. The van der Waals surface area contributed by atoms with Gasteiger partial charge in [0.25, 0.3) is 5.91 Å². The van der Waals surface area contributed by atoms with Crippen molar-refractivity contribution >= 4 is 39.2 Å². The van der Waals surface area contributed by atoms with Crippen molar-refractivity contribution in [2.75, 3.05) is 11.9 Å². The quantitative estimate of drug-likeness (QED) is 0.394. The third-order valence-corrected chi connectivity index (χ3v) is 5.84. The Kier molecular flexibility index (Phi) is 6.56. The summed E-state index contributed by atoms with van der Waals surface area (Å²) in [5, 5.41) is 9.06. The van der Waals surface area contributed by atoms with Gasteiger partial charge in [0.2, 0.25) is 5.91 Å². The summed E-state index contributed by atoms with van der Waals surface area (Å²) in [5.41, 5.74) is 5.22. The number of benzene rings is 2. The highest BCUT2D eigenvalue weighted by Gasteiger charge is 2.14. The second-order valence-electron chi connectivity index (χ2n) is 7.60. The number of fused-ring (bicyclic) bond motifs is 1. The molecule has 2 aromatic carbocycles. The average molecular weight is 445 g/mol. The van der Waals surface area contributed by atoms with Gasteiger partial charge in [-0.3, -0.25) is 19.9 Å². The molecule has 6 nitrogen and oxygen atoms in total. The smallest absolute Gasteiger partial charge is 0.258 e. The van der Waals surface area contributed by atoms with Crippen molar-refractivity contribution in [3.8, 4) is 11.3 Å². The Labute approximate surface area is 190 Å². The molecule has 0 saturated heterocycles. The van der Waals surface area contributed by atoms with E-state index < -0.39 is 0 Å². The number of hydrogen-bond donors (Lipinski definition) is 2. The van der Waals surface area contributed by atoms with Crippen LogP contribution in [0.4, 0.5) is 5.13 Å². The van der Waals surface area contributed by atoms with Crippen LogP contribution >= 0.6 is 11.3 Å². The number of aromatic nitrogens is 2. The van der Waals surface area contributed by atoms with E-state index in [2.05, 4.69) is 32.7 Å². The Morgan fingerprint density at radius 3 is 2.59 bits per heavy atom. The van der Waals surface area contributed by atoms with Crippen LogP contribution in [0.5, 0.6) is 0 Å². The van der Waals surface area contributed by atoms with Crippen LogP contribution in [-0.4, -0.2) is 28.3 Å². The Morgan fingerprint density at radius 1 is 1.03 bits per heavy atom. The number of hydrogen-bond acceptors (Lipinski definition) is 5. The molecule has 0 spiro atoms. The zero-order valence-corrected chi connectivity index (χ0v) is 18.8. The number of nitrogens with zero attached hydrogens (tertiary/aromatic N) is 2. The third kappa shape index (κ3) is 5.18. The normalized spacial score (nSPS) is 10.8. The molecule has 2 amide bonds. The molecule has 0 fully saturated rings. The van der Waals surface area contributed by atoms with Crippen LogP contribution in [0.25, 0.3) is 22.2 Å². The lowest BCUT2D eigenvalue weighted by atomic mass is 10.1. The summed E-state index contributed by atoms with van der Waals surface area (Å²) in [4.78, 5) is 33.0. The lowest BCUT2D eigenvalue weighted by Gasteiger charge is -2.07. The van der Waals surface area contributed by atoms with E-state index in [1.54, 1.807) is 6.07 Å². The van der Waals surface area contributed by atoms with Crippen molar-refractivity contribution in [3.05, 3.63) is 76.8 Å². The number of carbonyl (C=O) groups is 2. The van der Waals surface area contributed by atoms with E-state index in [0.29, 0.717) is 17.2 Å². The molecule has 32 heavy (non-hydrogen) atoms. The van der Waals surface area contributed by atoms with E-state index in [4.69, 9.17) is 0 Å². The zero-order chi connectivity index (χ0) is 22.5. The van der Waals surface area contributed by atoms with Crippen molar-refractivity contribution in [3.63, 3.8) is 0 Å². The predicted molar refractivity (Wildman–Crippen MR) is 129 cm³/mol. The molecule has 2 heterocycles. The van der Waals surface area contributed by atoms with Crippen molar-refractivity contribution in [1.82, 2.24) is 15.3 Å². The van der Waals surface area contributed by atoms with Crippen LogP contribution in [0.3, 0.4) is 0 Å². The van der Waals surface area contributed by atoms with Crippen LogP contribution in [0.1, 0.15) is 35.0 Å². The topological polar surface area (TPSA) is 84.0 Å². The summed E-state index contributed by atoms with van der Waals surface area (Å²) < 4.78 is 0. The van der Waals surface area contributed by atoms with E-state index >= 15 is 0 Å². The number of anilines is 1. The first-order valence-corrected chi connectivity index (χ1v) is 11.3. The largest absolute Gasteiger partial charge is 0.356 e. The zero-order valence-electron chi connectivity index (χ0n) is 18.0. The minimum absolute atomic E-state index is 0.000900. The highest BCUT2D eigenvalue weighted by atomic mass is 32.1. The first-order valence-electron chi connectivity index (χ1n) is 10.5. The Balaban J connectivity index is 1.43. The summed E-state index contributed by atoms with van der Waals surface area (Å²) in [6.07, 6.45) is 1.80. The first kappa shape index (κ1) is 21.6. The van der Waals surface area contributed by atoms with Gasteiger partial charge in [0.1, 0.15) is 0 Å². The molecule has 4 rings (SSSR count). The van der Waals surface area contributed by atoms with Gasteiger partial charge in [-0.1, -0.05) is 42.5 Å². The third-order valence-electron chi connectivity index (χ3n) is 5.08. The van der Waals surface area contributed by atoms with Gasteiger partial charge in [0.05, 0.1) is 16.8 Å². The van der Waals surface area contributed by atoms with Gasteiger partial charge >= 0.3 is 0 Å². The van der Waals surface area contributed by atoms with Gasteiger partial charge in [-0.15, -0.1) is 11.3 Å². The van der Waals surface area contributed by atoms with Crippen molar-refractivity contribution < 1.29 is 9.59 Å². The molecule has 0 bridgehead atoms. The molecule has 0 radical (unpaired) electrons. The van der Waals surface area contributed by atoms with E-state index in [9.17, 15) is 9.59 Å². The number of para-hydroxylation sites is 1. The number of thiazole rings is 1. The van der Waals surface area contributed by atoms with Gasteiger partial charge in [-0.05, 0) is 37.5 Å². The minimum Gasteiger partial charge on any atom is -0.356 e. The SMILES string of the molecule is CC(=O)NCCCc1ccc(-c2csc(NC(=O)c3cc(C)nc4ccccc34)n2)cc1. The standard InChI is InChI=1S/C25H24N4O2S/c1-16-14-21(20-7-3-4-8-22(20)27-16)24(31)29-25-28-23(15-32-25)19-11-9-18(10-12-19)6-5-13-26-17(2)30/h3-4,7-12,14-15H,5-6,13H2,1-2H3,(H,26,30)(H,28,29,31). The number of nitrogens with one attached hydrogen (secondary N) is 2. The number of aryl methyl sites for hydroxylation is 2. The molecule has 4 aromatic rings. The Morgan fingerprint density at radius 2 is 1.81 bits per heavy atom. The predicted octanol–water partition coefficient (Wildman–Crippen LogP) is 4.99. The number of amides is 2. The molecule has 7 heteroatoms. The van der Waals surface area contributed by atoms with Crippen LogP contribution in [0.15, 0.2) is 60.0 Å². The van der Waals surface area contributed by atoms with E-state index in [-0.39, 0.29) is 11.8 Å². The van der Waals surface area contributed by atoms with Crippen LogP contribution < -0.4 is 10.6 Å². The molecule has 162 valence electrons. The number of rotatable bonds is 7. The monoisotopic (exact) mass is 444 g/mol.